The maximum absolute atomic E-state index is 13.9. The quantitative estimate of drug-likeness (QED) is 0.102. The third-order valence-electron chi connectivity index (χ3n) is 8.35. The molecule has 3 rings (SSSR count). The summed E-state index contributed by atoms with van der Waals surface area (Å²) in [5, 5.41) is 33.5. The molecule has 2 aromatic carbocycles. The second-order valence-electron chi connectivity index (χ2n) is 11.9. The monoisotopic (exact) mass is 750 g/mol. The minimum Gasteiger partial charge on any atom is -0.493 e. The highest BCUT2D eigenvalue weighted by molar-refractivity contribution is 14.1. The molecule has 0 spiro atoms. The summed E-state index contributed by atoms with van der Waals surface area (Å²) in [6.45, 7) is 2.19. The second kappa shape index (κ2) is 20.5. The van der Waals surface area contributed by atoms with Crippen molar-refractivity contribution < 1.29 is 34.4 Å². The lowest BCUT2D eigenvalue weighted by atomic mass is 9.87. The molecule has 0 saturated heterocycles. The number of benzene rings is 2. The number of hydrogen-bond acceptors (Lipinski definition) is 7. The van der Waals surface area contributed by atoms with Crippen LogP contribution in [0, 0.1) is 3.57 Å². The van der Waals surface area contributed by atoms with E-state index in [0.29, 0.717) is 32.6 Å². The number of unbranched alkanes of at least 4 members (excludes halogenated alkanes) is 8. The molecule has 0 heterocycles. The molecule has 0 radical (unpaired) electrons. The van der Waals surface area contributed by atoms with Crippen LogP contribution >= 0.6 is 22.6 Å². The van der Waals surface area contributed by atoms with Crippen molar-refractivity contribution in [3.63, 3.8) is 0 Å². The molecule has 2 aromatic rings. The van der Waals surface area contributed by atoms with Crippen LogP contribution in [0.1, 0.15) is 88.7 Å². The Hall–Kier alpha value is -2.67. The highest BCUT2D eigenvalue weighted by Crippen LogP contribution is 2.37. The Bertz CT molecular complexity index is 1260. The SMILES string of the molecule is CCCCCCCCCCCC(=O)N(Cc1ccccc1)[C@@H]1CC(C(=O)NCCO)=C[C@H](Oc2c(I)cc(CO)cc2OC)[C@H]1O. The Morgan fingerprint density at radius 3 is 2.28 bits per heavy atom. The lowest BCUT2D eigenvalue weighted by Gasteiger charge is -2.41. The molecule has 0 fully saturated rings. The van der Waals surface area contributed by atoms with E-state index in [-0.39, 0.29) is 44.5 Å². The van der Waals surface area contributed by atoms with Crippen LogP contribution in [-0.2, 0) is 22.7 Å². The Morgan fingerprint density at radius 2 is 1.65 bits per heavy atom. The van der Waals surface area contributed by atoms with Crippen molar-refractivity contribution in [1.29, 1.82) is 0 Å². The van der Waals surface area contributed by atoms with Gasteiger partial charge in [-0.3, -0.25) is 9.59 Å². The number of ether oxygens (including phenoxy) is 2. The molecule has 0 unspecified atom stereocenters. The number of carbonyl (C=O) groups is 2. The Labute approximate surface area is 287 Å². The molecule has 10 heteroatoms. The zero-order valence-corrected chi connectivity index (χ0v) is 29.4. The van der Waals surface area contributed by atoms with Gasteiger partial charge in [0.25, 0.3) is 0 Å². The smallest absolute Gasteiger partial charge is 0.247 e. The van der Waals surface area contributed by atoms with E-state index in [2.05, 4.69) is 34.8 Å². The van der Waals surface area contributed by atoms with Gasteiger partial charge >= 0.3 is 0 Å². The number of carbonyl (C=O) groups excluding carboxylic acids is 2. The van der Waals surface area contributed by atoms with Crippen molar-refractivity contribution in [1.82, 2.24) is 10.2 Å². The summed E-state index contributed by atoms with van der Waals surface area (Å²) < 4.78 is 12.6. The van der Waals surface area contributed by atoms with Crippen LogP contribution in [0.25, 0.3) is 0 Å². The third kappa shape index (κ3) is 11.5. The summed E-state index contributed by atoms with van der Waals surface area (Å²) in [7, 11) is 1.50. The number of halogens is 1. The Balaban J connectivity index is 1.85. The molecule has 9 nitrogen and oxygen atoms in total. The molecule has 254 valence electrons. The maximum Gasteiger partial charge on any atom is 0.247 e. The molecule has 0 bridgehead atoms. The van der Waals surface area contributed by atoms with Crippen LogP contribution in [0.2, 0.25) is 0 Å². The maximum atomic E-state index is 13.9. The van der Waals surface area contributed by atoms with E-state index in [1.807, 2.05) is 30.3 Å². The fourth-order valence-corrected chi connectivity index (χ4v) is 6.59. The van der Waals surface area contributed by atoms with E-state index in [4.69, 9.17) is 9.47 Å². The van der Waals surface area contributed by atoms with Crippen molar-refractivity contribution in [2.24, 2.45) is 0 Å². The summed E-state index contributed by atoms with van der Waals surface area (Å²) >= 11 is 2.09. The molecule has 0 aliphatic heterocycles. The third-order valence-corrected chi connectivity index (χ3v) is 9.15. The molecule has 0 saturated carbocycles. The number of nitrogens with one attached hydrogen (secondary N) is 1. The van der Waals surface area contributed by atoms with Crippen molar-refractivity contribution >= 4 is 34.4 Å². The number of amides is 2. The summed E-state index contributed by atoms with van der Waals surface area (Å²) in [6.07, 6.45) is 10.2. The van der Waals surface area contributed by atoms with Gasteiger partial charge in [-0.05, 0) is 58.3 Å². The average molecular weight is 751 g/mol. The first-order valence-corrected chi connectivity index (χ1v) is 17.7. The molecular weight excluding hydrogens is 699 g/mol. The van der Waals surface area contributed by atoms with E-state index in [1.54, 1.807) is 23.1 Å². The van der Waals surface area contributed by atoms with Crippen LogP contribution < -0.4 is 14.8 Å². The van der Waals surface area contributed by atoms with Gasteiger partial charge in [0.2, 0.25) is 11.8 Å². The molecule has 2 amide bonds. The van der Waals surface area contributed by atoms with Gasteiger partial charge < -0.3 is 35.0 Å². The zero-order chi connectivity index (χ0) is 33.3. The van der Waals surface area contributed by atoms with Crippen LogP contribution in [0.5, 0.6) is 11.5 Å². The molecule has 46 heavy (non-hydrogen) atoms. The number of nitrogens with zero attached hydrogens (tertiary/aromatic N) is 1. The minimum atomic E-state index is -1.15. The van der Waals surface area contributed by atoms with Crippen molar-refractivity contribution in [2.45, 2.75) is 109 Å². The normalized spacial score (nSPS) is 17.7. The number of rotatable bonds is 20. The summed E-state index contributed by atoms with van der Waals surface area (Å²) in [5.74, 6) is 0.286. The van der Waals surface area contributed by atoms with E-state index >= 15 is 0 Å². The molecule has 0 aromatic heterocycles. The Morgan fingerprint density at radius 1 is 0.978 bits per heavy atom. The van der Waals surface area contributed by atoms with Gasteiger partial charge in [-0.25, -0.2) is 0 Å². The molecule has 1 aliphatic carbocycles. The van der Waals surface area contributed by atoms with Crippen LogP contribution in [0.3, 0.4) is 0 Å². The molecular formula is C36H51IN2O7. The van der Waals surface area contributed by atoms with E-state index in [9.17, 15) is 24.9 Å². The average Bonchev–Trinajstić information content (AvgIpc) is 3.07. The number of aliphatic hydroxyl groups excluding tert-OH is 3. The summed E-state index contributed by atoms with van der Waals surface area (Å²) in [6, 6.07) is 12.3. The first-order valence-electron chi connectivity index (χ1n) is 16.6. The Kier molecular flexibility index (Phi) is 16.9. The van der Waals surface area contributed by atoms with Crippen molar-refractivity contribution in [3.05, 3.63) is 68.8 Å². The number of aliphatic hydroxyl groups is 3. The van der Waals surface area contributed by atoms with Crippen molar-refractivity contribution in [2.75, 3.05) is 20.3 Å². The van der Waals surface area contributed by atoms with Crippen LogP contribution in [-0.4, -0.2) is 70.5 Å². The molecule has 4 N–H and O–H groups in total. The van der Waals surface area contributed by atoms with Gasteiger partial charge in [0, 0.05) is 31.5 Å². The highest BCUT2D eigenvalue weighted by Gasteiger charge is 2.41. The number of hydrogen-bond donors (Lipinski definition) is 4. The van der Waals surface area contributed by atoms with E-state index < -0.39 is 18.2 Å². The van der Waals surface area contributed by atoms with Gasteiger partial charge in [0.05, 0.1) is 29.9 Å². The zero-order valence-electron chi connectivity index (χ0n) is 27.3. The van der Waals surface area contributed by atoms with Gasteiger partial charge in [-0.2, -0.15) is 0 Å². The van der Waals surface area contributed by atoms with E-state index in [0.717, 1.165) is 24.8 Å². The van der Waals surface area contributed by atoms with Crippen LogP contribution in [0.4, 0.5) is 0 Å². The fraction of sp³-hybridized carbons (Fsp3) is 0.556. The lowest BCUT2D eigenvalue weighted by molar-refractivity contribution is -0.139. The summed E-state index contributed by atoms with van der Waals surface area (Å²) in [5.41, 5.74) is 1.93. The largest absolute Gasteiger partial charge is 0.493 e. The van der Waals surface area contributed by atoms with E-state index in [1.165, 1.54) is 45.6 Å². The first kappa shape index (κ1) is 37.8. The predicted octanol–water partition coefficient (Wildman–Crippen LogP) is 5.66. The standard InChI is InChI=1S/C36H51IN2O7/c1-3-4-5-6-7-8-9-10-14-17-33(42)39(24-26-15-12-11-13-16-26)30-22-28(36(44)38-18-19-40)23-31(34(30)43)46-35-29(37)20-27(25-41)21-32(35)45-2/h11-13,15-16,20-21,23,30-31,34,40-41,43H,3-10,14,17-19,22,24-25H2,1-2H3,(H,38,44)/t30-,31+,34+/m1/s1. The van der Waals surface area contributed by atoms with Crippen LogP contribution in [0.15, 0.2) is 54.1 Å². The highest BCUT2D eigenvalue weighted by atomic mass is 127. The van der Waals surface area contributed by atoms with Crippen molar-refractivity contribution in [3.8, 4) is 11.5 Å². The molecule has 1 aliphatic rings. The topological polar surface area (TPSA) is 129 Å². The fourth-order valence-electron chi connectivity index (χ4n) is 5.80. The van der Waals surface area contributed by atoms with Gasteiger partial charge in [-0.15, -0.1) is 0 Å². The first-order chi connectivity index (χ1) is 22.3. The summed E-state index contributed by atoms with van der Waals surface area (Å²) in [4.78, 5) is 28.8. The van der Waals surface area contributed by atoms with Gasteiger partial charge in [-0.1, -0.05) is 88.6 Å². The number of methoxy groups -OCH3 is 1. The second-order valence-corrected chi connectivity index (χ2v) is 13.0. The molecule has 3 atom stereocenters. The minimum absolute atomic E-state index is 0.0777. The predicted molar refractivity (Wildman–Crippen MR) is 187 cm³/mol. The lowest BCUT2D eigenvalue weighted by Crippen LogP contribution is -2.54. The van der Waals surface area contributed by atoms with Gasteiger partial charge in [0.15, 0.2) is 11.5 Å². The van der Waals surface area contributed by atoms with Gasteiger partial charge in [0.1, 0.15) is 12.2 Å².